The summed E-state index contributed by atoms with van der Waals surface area (Å²) in [4.78, 5) is 0. The van der Waals surface area contributed by atoms with Gasteiger partial charge in [0.05, 0.1) is 28.4 Å². The zero-order valence-corrected chi connectivity index (χ0v) is 25.1. The van der Waals surface area contributed by atoms with E-state index < -0.39 is 0 Å². The van der Waals surface area contributed by atoms with Crippen LogP contribution in [0.1, 0.15) is 54.4 Å². The highest BCUT2D eigenvalue weighted by Gasteiger charge is 2.73. The third-order valence-electron chi connectivity index (χ3n) is 11.0. The summed E-state index contributed by atoms with van der Waals surface area (Å²) >= 11 is 0. The summed E-state index contributed by atoms with van der Waals surface area (Å²) in [5.41, 5.74) is 4.93. The molecular weight excluding hydrogens is 520 g/mol. The summed E-state index contributed by atoms with van der Waals surface area (Å²) in [5, 5.41) is 0. The van der Waals surface area contributed by atoms with Crippen molar-refractivity contribution in [3.05, 3.63) is 119 Å². The molecule has 216 valence electrons. The average molecular weight is 561 g/mol. The van der Waals surface area contributed by atoms with Crippen molar-refractivity contribution >= 4 is 0 Å². The van der Waals surface area contributed by atoms with E-state index in [9.17, 15) is 0 Å². The van der Waals surface area contributed by atoms with E-state index in [1.54, 1.807) is 28.4 Å². The highest BCUT2D eigenvalue weighted by atomic mass is 16.5. The molecule has 0 unspecified atom stereocenters. The van der Waals surface area contributed by atoms with Crippen LogP contribution in [0.15, 0.2) is 97.1 Å². The molecule has 4 aliphatic rings. The van der Waals surface area contributed by atoms with Gasteiger partial charge in [-0.2, -0.15) is 0 Å². The molecule has 4 aromatic carbocycles. The summed E-state index contributed by atoms with van der Waals surface area (Å²) in [6, 6.07) is 35.9. The van der Waals surface area contributed by atoms with Gasteiger partial charge in [-0.25, -0.2) is 0 Å². The monoisotopic (exact) mass is 560 g/mol. The third kappa shape index (κ3) is 3.66. The highest BCUT2D eigenvalue weighted by Crippen LogP contribution is 2.76. The molecule has 4 heteroatoms. The Hall–Kier alpha value is -3.92. The third-order valence-corrected chi connectivity index (χ3v) is 11.0. The first-order valence-corrected chi connectivity index (χ1v) is 15.1. The molecule has 4 saturated carbocycles. The lowest BCUT2D eigenvalue weighted by Crippen LogP contribution is -2.72. The molecule has 0 aromatic heterocycles. The predicted octanol–water partition coefficient (Wildman–Crippen LogP) is 8.11. The van der Waals surface area contributed by atoms with E-state index in [0.717, 1.165) is 48.7 Å². The van der Waals surface area contributed by atoms with E-state index in [0.29, 0.717) is 11.8 Å². The lowest BCUT2D eigenvalue weighted by Gasteiger charge is -2.74. The maximum absolute atomic E-state index is 5.67. The van der Waals surface area contributed by atoms with Gasteiger partial charge in [0.25, 0.3) is 0 Å². The van der Waals surface area contributed by atoms with Crippen LogP contribution in [0.2, 0.25) is 0 Å². The second-order valence-corrected chi connectivity index (χ2v) is 12.6. The first kappa shape index (κ1) is 26.9. The molecule has 0 saturated heterocycles. The molecule has 8 rings (SSSR count). The zero-order chi connectivity index (χ0) is 29.0. The number of benzene rings is 4. The fourth-order valence-corrected chi connectivity index (χ4v) is 9.84. The lowest BCUT2D eigenvalue weighted by atomic mass is 9.29. The normalized spacial score (nSPS) is 27.0. The van der Waals surface area contributed by atoms with Crippen LogP contribution in [0.5, 0.6) is 23.0 Å². The van der Waals surface area contributed by atoms with E-state index >= 15 is 0 Å². The Balaban J connectivity index is 1.60. The summed E-state index contributed by atoms with van der Waals surface area (Å²) in [7, 11) is 6.98. The topological polar surface area (TPSA) is 36.9 Å². The molecule has 4 nitrogen and oxygen atoms in total. The molecule has 4 fully saturated rings. The van der Waals surface area contributed by atoms with Crippen LogP contribution in [0.4, 0.5) is 0 Å². The fraction of sp³-hybridized carbons (Fsp3) is 0.368. The zero-order valence-electron chi connectivity index (χ0n) is 25.1. The SMILES string of the molecule is COc1ccc(C23CC4CC(C2)CC(c2ccc(OC)cc2)(C4)C3(c2ccc(OC)cc2)c2ccc(OC)cc2)cc1. The van der Waals surface area contributed by atoms with Crippen LogP contribution in [-0.4, -0.2) is 28.4 Å². The second kappa shape index (κ2) is 10.1. The van der Waals surface area contributed by atoms with Crippen LogP contribution in [0.25, 0.3) is 0 Å². The Morgan fingerprint density at radius 2 is 0.667 bits per heavy atom. The summed E-state index contributed by atoms with van der Waals surface area (Å²) in [6.07, 6.45) is 5.95. The summed E-state index contributed by atoms with van der Waals surface area (Å²) in [6.45, 7) is 0. The first-order valence-electron chi connectivity index (χ1n) is 15.1. The average Bonchev–Trinajstić information content (AvgIpc) is 3.05. The van der Waals surface area contributed by atoms with Gasteiger partial charge in [-0.1, -0.05) is 48.5 Å². The van der Waals surface area contributed by atoms with Gasteiger partial charge >= 0.3 is 0 Å². The Morgan fingerprint density at radius 3 is 0.929 bits per heavy atom. The van der Waals surface area contributed by atoms with Crippen molar-refractivity contribution in [2.45, 2.75) is 48.3 Å². The van der Waals surface area contributed by atoms with Gasteiger partial charge in [-0.15, -0.1) is 0 Å². The Labute approximate surface area is 249 Å². The van der Waals surface area contributed by atoms with Gasteiger partial charge in [0.15, 0.2) is 0 Å². The molecule has 0 heterocycles. The van der Waals surface area contributed by atoms with Crippen molar-refractivity contribution < 1.29 is 18.9 Å². The van der Waals surface area contributed by atoms with Crippen LogP contribution in [0.3, 0.4) is 0 Å². The Morgan fingerprint density at radius 1 is 0.405 bits per heavy atom. The van der Waals surface area contributed by atoms with Crippen LogP contribution < -0.4 is 18.9 Å². The molecule has 4 aliphatic carbocycles. The molecule has 0 aliphatic heterocycles. The van der Waals surface area contributed by atoms with E-state index in [2.05, 4.69) is 97.1 Å². The van der Waals surface area contributed by atoms with Crippen molar-refractivity contribution in [3.63, 3.8) is 0 Å². The van der Waals surface area contributed by atoms with Crippen molar-refractivity contribution in [1.29, 1.82) is 0 Å². The Bertz CT molecular complexity index is 1410. The van der Waals surface area contributed by atoms with Gasteiger partial charge in [0.1, 0.15) is 23.0 Å². The van der Waals surface area contributed by atoms with E-state index in [1.807, 2.05) is 0 Å². The minimum absolute atomic E-state index is 0.119. The number of hydrogen-bond acceptors (Lipinski definition) is 4. The molecule has 0 amide bonds. The molecular formula is C38H40O4. The van der Waals surface area contributed by atoms with E-state index in [1.165, 1.54) is 28.7 Å². The number of methoxy groups -OCH3 is 4. The van der Waals surface area contributed by atoms with Gasteiger partial charge in [-0.05, 0) is 115 Å². The molecule has 4 bridgehead atoms. The van der Waals surface area contributed by atoms with Crippen molar-refractivity contribution in [1.82, 2.24) is 0 Å². The fourth-order valence-electron chi connectivity index (χ4n) is 9.84. The minimum Gasteiger partial charge on any atom is -0.497 e. The lowest BCUT2D eigenvalue weighted by molar-refractivity contribution is -0.0904. The predicted molar refractivity (Wildman–Crippen MR) is 166 cm³/mol. The number of hydrogen-bond donors (Lipinski definition) is 0. The van der Waals surface area contributed by atoms with Gasteiger partial charge in [-0.3, -0.25) is 0 Å². The van der Waals surface area contributed by atoms with Crippen LogP contribution in [0, 0.1) is 11.8 Å². The maximum atomic E-state index is 5.67. The van der Waals surface area contributed by atoms with Gasteiger partial charge in [0.2, 0.25) is 0 Å². The molecule has 0 radical (unpaired) electrons. The summed E-state index contributed by atoms with van der Waals surface area (Å²) in [5.74, 6) is 4.87. The van der Waals surface area contributed by atoms with E-state index in [-0.39, 0.29) is 16.2 Å². The van der Waals surface area contributed by atoms with Crippen molar-refractivity contribution in [2.75, 3.05) is 28.4 Å². The molecule has 0 spiro atoms. The van der Waals surface area contributed by atoms with Crippen molar-refractivity contribution in [2.24, 2.45) is 11.8 Å². The van der Waals surface area contributed by atoms with Gasteiger partial charge < -0.3 is 18.9 Å². The molecule has 0 atom stereocenters. The standard InChI is InChI=1S/C38H40O4/c1-39-32-13-5-28(6-14-32)36-22-26-21-27(23-36)25-37(24-26,29-7-15-33(40-2)16-8-29)38(36,30-9-17-34(41-3)18-10-30)31-11-19-35(42-4)20-12-31/h5-20,26-27H,21-25H2,1-4H3. The quantitative estimate of drug-likeness (QED) is 0.218. The second-order valence-electron chi connectivity index (χ2n) is 12.6. The van der Waals surface area contributed by atoms with Crippen LogP contribution >= 0.6 is 0 Å². The van der Waals surface area contributed by atoms with E-state index in [4.69, 9.17) is 18.9 Å². The summed E-state index contributed by atoms with van der Waals surface area (Å²) < 4.78 is 22.6. The number of ether oxygens (including phenoxy) is 4. The van der Waals surface area contributed by atoms with Crippen LogP contribution in [-0.2, 0) is 16.2 Å². The maximum Gasteiger partial charge on any atom is 0.118 e. The molecule has 42 heavy (non-hydrogen) atoms. The smallest absolute Gasteiger partial charge is 0.118 e. The number of rotatable bonds is 8. The minimum atomic E-state index is -0.338. The largest absolute Gasteiger partial charge is 0.497 e. The Kier molecular flexibility index (Phi) is 6.49. The first-order chi connectivity index (χ1) is 20.5. The highest BCUT2D eigenvalue weighted by molar-refractivity contribution is 5.60. The van der Waals surface area contributed by atoms with Gasteiger partial charge in [0, 0.05) is 16.2 Å². The van der Waals surface area contributed by atoms with Crippen molar-refractivity contribution in [3.8, 4) is 23.0 Å². The molecule has 0 N–H and O–H groups in total. The molecule has 4 aromatic rings.